The number of unbranched alkanes of at least 4 members (excludes halogenated alkanes) is 18. The first-order chi connectivity index (χ1) is 20.8. The molecule has 2 N–H and O–H groups in total. The molecule has 0 aromatic carbocycles. The molecule has 0 atom stereocenters. The highest BCUT2D eigenvalue weighted by atomic mass is 16.4. The zero-order valence-electron chi connectivity index (χ0n) is 27.8. The van der Waals surface area contributed by atoms with Crippen LogP contribution in [0.4, 0.5) is 0 Å². The second kappa shape index (κ2) is 30.1. The van der Waals surface area contributed by atoms with Crippen molar-refractivity contribution in [3.8, 4) is 0 Å². The summed E-state index contributed by atoms with van der Waals surface area (Å²) in [4.78, 5) is 33.1. The van der Waals surface area contributed by atoms with Crippen molar-refractivity contribution in [1.29, 1.82) is 0 Å². The molecule has 0 aromatic rings. The van der Waals surface area contributed by atoms with E-state index in [0.29, 0.717) is 43.4 Å². The molecule has 0 saturated carbocycles. The fourth-order valence-corrected chi connectivity index (χ4v) is 6.12. The van der Waals surface area contributed by atoms with E-state index < -0.39 is 17.9 Å². The van der Waals surface area contributed by atoms with Gasteiger partial charge in [-0.25, -0.2) is 0 Å². The monoisotopic (exact) mass is 609 g/mol. The lowest BCUT2D eigenvalue weighted by Crippen LogP contribution is -2.51. The second-order valence-electron chi connectivity index (χ2n) is 12.8. The number of aliphatic carboxylic acids is 3. The highest BCUT2D eigenvalue weighted by Crippen LogP contribution is 2.19. The number of quaternary nitrogens is 1. The fraction of sp³-hybridized carbons (Fsp3) is 0.861. The van der Waals surface area contributed by atoms with Gasteiger partial charge >= 0.3 is 11.9 Å². The minimum atomic E-state index is -1.07. The van der Waals surface area contributed by atoms with E-state index in [4.69, 9.17) is 10.2 Å². The van der Waals surface area contributed by atoms with E-state index in [0.717, 1.165) is 19.4 Å². The van der Waals surface area contributed by atoms with Gasteiger partial charge < -0.3 is 24.6 Å². The van der Waals surface area contributed by atoms with Crippen LogP contribution in [-0.4, -0.2) is 58.8 Å². The Labute approximate surface area is 264 Å². The third-order valence-electron chi connectivity index (χ3n) is 8.68. The van der Waals surface area contributed by atoms with Gasteiger partial charge in [-0.2, -0.15) is 0 Å². The van der Waals surface area contributed by atoms with Gasteiger partial charge in [0.15, 0.2) is 0 Å². The summed E-state index contributed by atoms with van der Waals surface area (Å²) in [6, 6.07) is 0. The maximum absolute atomic E-state index is 11.1. The summed E-state index contributed by atoms with van der Waals surface area (Å²) >= 11 is 0. The number of hydrogen-bond donors (Lipinski definition) is 2. The van der Waals surface area contributed by atoms with Gasteiger partial charge in [0.25, 0.3) is 0 Å². The Bertz CT molecular complexity index is 658. The maximum Gasteiger partial charge on any atom is 0.303 e. The third-order valence-corrected chi connectivity index (χ3v) is 8.68. The summed E-state index contributed by atoms with van der Waals surface area (Å²) in [6.45, 7) is 5.01. The van der Waals surface area contributed by atoms with Gasteiger partial charge in [-0.1, -0.05) is 115 Å². The van der Waals surface area contributed by atoms with Crippen molar-refractivity contribution in [1.82, 2.24) is 0 Å². The van der Waals surface area contributed by atoms with E-state index in [1.54, 1.807) is 0 Å². The Morgan fingerprint density at radius 3 is 1.19 bits per heavy atom. The molecule has 0 heterocycles. The molecule has 252 valence electrons. The number of rotatable bonds is 34. The molecule has 0 aromatic heterocycles. The number of carboxylic acids is 3. The predicted octanol–water partition coefficient (Wildman–Crippen LogP) is 8.44. The summed E-state index contributed by atoms with van der Waals surface area (Å²) < 4.78 is 0.616. The van der Waals surface area contributed by atoms with Gasteiger partial charge in [0.1, 0.15) is 0 Å². The summed E-state index contributed by atoms with van der Waals surface area (Å²) in [5, 5.41) is 29.2. The highest BCUT2D eigenvalue weighted by Gasteiger charge is 2.26. The van der Waals surface area contributed by atoms with Crippen molar-refractivity contribution >= 4 is 17.9 Å². The first-order valence-electron chi connectivity index (χ1n) is 17.9. The number of hydrogen-bond acceptors (Lipinski definition) is 4. The Morgan fingerprint density at radius 1 is 0.488 bits per heavy atom. The predicted molar refractivity (Wildman–Crippen MR) is 175 cm³/mol. The molecule has 43 heavy (non-hydrogen) atoms. The summed E-state index contributed by atoms with van der Waals surface area (Å²) in [7, 11) is 0. The number of carbonyl (C=O) groups excluding carboxylic acids is 1. The largest absolute Gasteiger partial charge is 0.550 e. The molecule has 0 unspecified atom stereocenters. The van der Waals surface area contributed by atoms with Crippen LogP contribution >= 0.6 is 0 Å². The van der Waals surface area contributed by atoms with Crippen LogP contribution in [-0.2, 0) is 14.4 Å². The van der Waals surface area contributed by atoms with Crippen LogP contribution in [0.3, 0.4) is 0 Å². The minimum Gasteiger partial charge on any atom is -0.550 e. The van der Waals surface area contributed by atoms with Crippen LogP contribution < -0.4 is 5.11 Å². The molecule has 0 saturated heterocycles. The smallest absolute Gasteiger partial charge is 0.303 e. The van der Waals surface area contributed by atoms with Gasteiger partial charge in [0.2, 0.25) is 0 Å². The molecular formula is C36H67NO6. The van der Waals surface area contributed by atoms with Crippen LogP contribution in [0.15, 0.2) is 12.2 Å². The van der Waals surface area contributed by atoms with Crippen molar-refractivity contribution in [2.45, 2.75) is 174 Å². The van der Waals surface area contributed by atoms with Gasteiger partial charge in [-0.15, -0.1) is 0 Å². The SMILES string of the molecule is CCC/C=C/CCCCCCCCCCCCCCCCCCC[N+](CCCC(=O)[O-])(CCCC(=O)O)CCCC(=O)O. The normalized spacial score (nSPS) is 11.8. The topological polar surface area (TPSA) is 115 Å². The zero-order valence-corrected chi connectivity index (χ0v) is 27.8. The van der Waals surface area contributed by atoms with Gasteiger partial charge in [0, 0.05) is 25.2 Å². The Kier molecular flexibility index (Phi) is 28.8. The molecule has 0 bridgehead atoms. The highest BCUT2D eigenvalue weighted by molar-refractivity contribution is 5.66. The molecule has 0 aliphatic carbocycles. The molecule has 7 nitrogen and oxygen atoms in total. The number of carboxylic acid groups (broad SMARTS) is 3. The summed E-state index contributed by atoms with van der Waals surface area (Å²) in [5.41, 5.74) is 0. The lowest BCUT2D eigenvalue weighted by Gasteiger charge is -2.39. The van der Waals surface area contributed by atoms with Gasteiger partial charge in [-0.3, -0.25) is 9.59 Å². The molecule has 0 aliphatic rings. The van der Waals surface area contributed by atoms with Crippen LogP contribution in [0.5, 0.6) is 0 Å². The van der Waals surface area contributed by atoms with Crippen molar-refractivity contribution in [3.63, 3.8) is 0 Å². The fourth-order valence-electron chi connectivity index (χ4n) is 6.12. The van der Waals surface area contributed by atoms with Crippen LogP contribution in [0.25, 0.3) is 0 Å². The molecule has 0 rings (SSSR count). The third kappa shape index (κ3) is 29.9. The molecule has 0 spiro atoms. The first kappa shape index (κ1) is 41.1. The van der Waals surface area contributed by atoms with E-state index in [1.807, 2.05) is 0 Å². The van der Waals surface area contributed by atoms with Gasteiger partial charge in [0.05, 0.1) is 39.0 Å². The standard InChI is InChI=1S/C36H67NO6/c1-2-3-4-5-6-7-8-9-10-11-12-13-14-15-16-17-18-19-20-21-22-23-30-37(31-24-27-34(38)39,32-25-28-35(40)41)33-26-29-36(42)43/h4-5H,2-3,6-33H2,1H3,(H2-,38,39,40,41,42,43)/b5-4+. The average molecular weight is 610 g/mol. The molecule has 0 amide bonds. The average Bonchev–Trinajstić information content (AvgIpc) is 2.95. The van der Waals surface area contributed by atoms with Crippen molar-refractivity contribution < 1.29 is 34.2 Å². The van der Waals surface area contributed by atoms with Crippen molar-refractivity contribution in [3.05, 3.63) is 12.2 Å². The minimum absolute atomic E-state index is 0.0183. The van der Waals surface area contributed by atoms with Crippen molar-refractivity contribution in [2.75, 3.05) is 26.2 Å². The number of nitrogens with zero attached hydrogens (tertiary/aromatic N) is 1. The Morgan fingerprint density at radius 2 is 0.814 bits per heavy atom. The van der Waals surface area contributed by atoms with Crippen LogP contribution in [0.1, 0.15) is 174 Å². The van der Waals surface area contributed by atoms with E-state index in [2.05, 4.69) is 19.1 Å². The van der Waals surface area contributed by atoms with Crippen LogP contribution in [0, 0.1) is 0 Å². The Hall–Kier alpha value is -1.89. The molecule has 0 fully saturated rings. The first-order valence-corrected chi connectivity index (χ1v) is 17.9. The van der Waals surface area contributed by atoms with E-state index in [9.17, 15) is 19.5 Å². The summed E-state index contributed by atoms with van der Waals surface area (Å²) in [5.74, 6) is -2.74. The summed E-state index contributed by atoms with van der Waals surface area (Å²) in [6.07, 6.45) is 32.3. The van der Waals surface area contributed by atoms with Crippen LogP contribution in [0.2, 0.25) is 0 Å². The Balaban J connectivity index is 3.97. The lowest BCUT2D eigenvalue weighted by atomic mass is 10.0. The van der Waals surface area contributed by atoms with Gasteiger partial charge in [-0.05, 0) is 38.5 Å². The maximum atomic E-state index is 11.1. The van der Waals surface area contributed by atoms with E-state index >= 15 is 0 Å². The molecule has 7 heteroatoms. The number of allylic oxidation sites excluding steroid dienone is 2. The molecule has 0 radical (unpaired) electrons. The lowest BCUT2D eigenvalue weighted by molar-refractivity contribution is -0.929. The zero-order chi connectivity index (χ0) is 31.9. The quantitative estimate of drug-likeness (QED) is 0.0430. The second-order valence-corrected chi connectivity index (χ2v) is 12.8. The van der Waals surface area contributed by atoms with Crippen molar-refractivity contribution in [2.24, 2.45) is 0 Å². The molecular weight excluding hydrogens is 542 g/mol. The molecule has 0 aliphatic heterocycles. The van der Waals surface area contributed by atoms with E-state index in [1.165, 1.54) is 116 Å². The van der Waals surface area contributed by atoms with E-state index in [-0.39, 0.29) is 19.3 Å². The number of carbonyl (C=O) groups is 3.